The summed E-state index contributed by atoms with van der Waals surface area (Å²) in [5.41, 5.74) is 3.37. The Morgan fingerprint density at radius 1 is 1.32 bits per heavy atom. The van der Waals surface area contributed by atoms with Gasteiger partial charge in [-0.1, -0.05) is 23.8 Å². The first kappa shape index (κ1) is 11.4. The smallest absolute Gasteiger partial charge is 0.337 e. The number of aryl methyl sites for hydroxylation is 1. The van der Waals surface area contributed by atoms with E-state index in [1.54, 1.807) is 0 Å². The number of nitrogens with one attached hydrogen (secondary N) is 1. The fourth-order valence-corrected chi connectivity index (χ4v) is 1.95. The first-order valence-corrected chi connectivity index (χ1v) is 5.79. The number of aromatic carboxylic acids is 1. The average molecular weight is 253 g/mol. The Morgan fingerprint density at radius 3 is 2.89 bits per heavy atom. The molecule has 0 spiro atoms. The molecule has 19 heavy (non-hydrogen) atoms. The van der Waals surface area contributed by atoms with Crippen molar-refractivity contribution in [2.75, 3.05) is 0 Å². The molecule has 0 bridgehead atoms. The lowest BCUT2D eigenvalue weighted by Gasteiger charge is -1.97. The van der Waals surface area contributed by atoms with Crippen LogP contribution < -0.4 is 0 Å². The van der Waals surface area contributed by atoms with Crippen molar-refractivity contribution in [2.24, 2.45) is 0 Å². The zero-order valence-corrected chi connectivity index (χ0v) is 10.2. The van der Waals surface area contributed by atoms with Crippen LogP contribution in [-0.4, -0.2) is 26.0 Å². The van der Waals surface area contributed by atoms with Gasteiger partial charge in [-0.2, -0.15) is 0 Å². The highest BCUT2D eigenvalue weighted by molar-refractivity contribution is 5.91. The predicted molar refractivity (Wildman–Crippen MR) is 71.0 cm³/mol. The van der Waals surface area contributed by atoms with Crippen molar-refractivity contribution < 1.29 is 9.90 Å². The molecule has 0 aliphatic rings. The number of nitrogens with zero attached hydrogens (tertiary/aromatic N) is 2. The van der Waals surface area contributed by atoms with Gasteiger partial charge >= 0.3 is 5.97 Å². The number of pyridine rings is 1. The minimum Gasteiger partial charge on any atom is -0.478 e. The van der Waals surface area contributed by atoms with E-state index in [2.05, 4.69) is 15.0 Å². The Balaban J connectivity index is 2.14. The van der Waals surface area contributed by atoms with Gasteiger partial charge in [0.05, 0.1) is 11.1 Å². The number of fused-ring (bicyclic) bond motifs is 1. The van der Waals surface area contributed by atoms with Crippen molar-refractivity contribution in [3.05, 3.63) is 47.7 Å². The third kappa shape index (κ3) is 2.06. The van der Waals surface area contributed by atoms with Crippen LogP contribution >= 0.6 is 0 Å². The van der Waals surface area contributed by atoms with Gasteiger partial charge in [-0.3, -0.25) is 0 Å². The Hall–Kier alpha value is -2.69. The van der Waals surface area contributed by atoms with Crippen LogP contribution in [0, 0.1) is 6.92 Å². The quantitative estimate of drug-likeness (QED) is 0.735. The maximum Gasteiger partial charge on any atom is 0.337 e. The van der Waals surface area contributed by atoms with Crippen LogP contribution in [0.15, 0.2) is 36.5 Å². The summed E-state index contributed by atoms with van der Waals surface area (Å²) >= 11 is 0. The molecule has 2 N–H and O–H groups in total. The summed E-state index contributed by atoms with van der Waals surface area (Å²) in [6, 6.07) is 9.45. The minimum absolute atomic E-state index is 0.145. The molecule has 0 radical (unpaired) electrons. The van der Waals surface area contributed by atoms with Gasteiger partial charge in [0.25, 0.3) is 0 Å². The summed E-state index contributed by atoms with van der Waals surface area (Å²) in [5.74, 6) is -0.310. The molecule has 0 aliphatic carbocycles. The summed E-state index contributed by atoms with van der Waals surface area (Å²) in [6.07, 6.45) is 1.31. The topological polar surface area (TPSA) is 78.9 Å². The van der Waals surface area contributed by atoms with Gasteiger partial charge in [-0.25, -0.2) is 14.8 Å². The molecule has 2 heterocycles. The second kappa shape index (κ2) is 4.20. The summed E-state index contributed by atoms with van der Waals surface area (Å²) in [5, 5.41) is 8.93. The van der Waals surface area contributed by atoms with E-state index >= 15 is 0 Å². The molecule has 0 amide bonds. The summed E-state index contributed by atoms with van der Waals surface area (Å²) in [7, 11) is 0. The third-order valence-corrected chi connectivity index (χ3v) is 2.88. The van der Waals surface area contributed by atoms with Gasteiger partial charge in [0.1, 0.15) is 5.82 Å². The maximum absolute atomic E-state index is 10.9. The number of carboxylic acid groups (broad SMARTS) is 1. The zero-order valence-electron chi connectivity index (χ0n) is 10.2. The zero-order chi connectivity index (χ0) is 13.4. The van der Waals surface area contributed by atoms with Gasteiger partial charge in [0.2, 0.25) is 0 Å². The molecule has 3 aromatic rings. The minimum atomic E-state index is -0.999. The number of benzene rings is 1. The van der Waals surface area contributed by atoms with E-state index in [0.717, 1.165) is 11.1 Å². The fourth-order valence-electron chi connectivity index (χ4n) is 1.95. The van der Waals surface area contributed by atoms with Crippen LogP contribution in [0.1, 0.15) is 15.9 Å². The van der Waals surface area contributed by atoms with E-state index in [-0.39, 0.29) is 5.56 Å². The molecule has 3 rings (SSSR count). The first-order chi connectivity index (χ1) is 9.13. The number of carbonyl (C=O) groups is 1. The van der Waals surface area contributed by atoms with E-state index in [1.807, 2.05) is 31.2 Å². The number of aromatic amines is 1. The Bertz CT molecular complexity index is 777. The molecule has 0 saturated carbocycles. The van der Waals surface area contributed by atoms with E-state index < -0.39 is 5.97 Å². The fraction of sp³-hybridized carbons (Fsp3) is 0.0714. The van der Waals surface area contributed by atoms with Gasteiger partial charge < -0.3 is 10.1 Å². The van der Waals surface area contributed by atoms with Crippen molar-refractivity contribution in [3.8, 4) is 11.4 Å². The van der Waals surface area contributed by atoms with E-state index in [4.69, 9.17) is 5.11 Å². The molecule has 2 aromatic heterocycles. The predicted octanol–water partition coefficient (Wildman–Crippen LogP) is 2.63. The van der Waals surface area contributed by atoms with E-state index in [9.17, 15) is 4.79 Å². The van der Waals surface area contributed by atoms with Crippen LogP contribution in [0.4, 0.5) is 0 Å². The van der Waals surface area contributed by atoms with E-state index in [1.165, 1.54) is 12.3 Å². The molecule has 5 heteroatoms. The van der Waals surface area contributed by atoms with Crippen molar-refractivity contribution >= 4 is 17.1 Å². The summed E-state index contributed by atoms with van der Waals surface area (Å²) in [6.45, 7) is 2.01. The van der Waals surface area contributed by atoms with Crippen LogP contribution in [0.3, 0.4) is 0 Å². The molecule has 1 aromatic carbocycles. The van der Waals surface area contributed by atoms with Crippen LogP contribution in [-0.2, 0) is 0 Å². The number of hydrogen-bond acceptors (Lipinski definition) is 3. The monoisotopic (exact) mass is 253 g/mol. The van der Waals surface area contributed by atoms with Crippen molar-refractivity contribution in [1.29, 1.82) is 0 Å². The lowest BCUT2D eigenvalue weighted by Crippen LogP contribution is -1.96. The molecular formula is C14H11N3O2. The van der Waals surface area contributed by atoms with Gasteiger partial charge in [0, 0.05) is 11.8 Å². The lowest BCUT2D eigenvalue weighted by molar-refractivity contribution is 0.0696. The summed E-state index contributed by atoms with van der Waals surface area (Å²) in [4.78, 5) is 22.4. The number of aromatic nitrogens is 3. The van der Waals surface area contributed by atoms with Gasteiger partial charge in [-0.15, -0.1) is 0 Å². The molecule has 0 unspecified atom stereocenters. The van der Waals surface area contributed by atoms with Crippen molar-refractivity contribution in [2.45, 2.75) is 6.92 Å². The standard InChI is InChI=1S/C14H11N3O2/c1-8-3-2-4-9(5-8)12-16-11-6-10(14(18)19)7-15-13(11)17-12/h2-7H,1H3,(H,18,19)(H,15,16,17). The number of rotatable bonds is 2. The van der Waals surface area contributed by atoms with Crippen molar-refractivity contribution in [3.63, 3.8) is 0 Å². The summed E-state index contributed by atoms with van der Waals surface area (Å²) < 4.78 is 0. The van der Waals surface area contributed by atoms with E-state index in [0.29, 0.717) is 17.0 Å². The highest BCUT2D eigenvalue weighted by Crippen LogP contribution is 2.20. The maximum atomic E-state index is 10.9. The molecular weight excluding hydrogens is 242 g/mol. The Morgan fingerprint density at radius 2 is 2.16 bits per heavy atom. The normalized spacial score (nSPS) is 10.8. The number of hydrogen-bond donors (Lipinski definition) is 2. The SMILES string of the molecule is Cc1cccc(-c2nc3ncc(C(=O)O)cc3[nH]2)c1. The highest BCUT2D eigenvalue weighted by atomic mass is 16.4. The van der Waals surface area contributed by atoms with Gasteiger partial charge in [-0.05, 0) is 19.1 Å². The number of imidazole rings is 1. The molecule has 5 nitrogen and oxygen atoms in total. The first-order valence-electron chi connectivity index (χ1n) is 5.79. The molecule has 0 aliphatic heterocycles. The Labute approximate surface area is 109 Å². The molecule has 0 atom stereocenters. The number of carboxylic acids is 1. The second-order valence-electron chi connectivity index (χ2n) is 4.36. The number of H-pyrrole nitrogens is 1. The van der Waals surface area contributed by atoms with Crippen molar-refractivity contribution in [1.82, 2.24) is 15.0 Å². The van der Waals surface area contributed by atoms with Crippen LogP contribution in [0.5, 0.6) is 0 Å². The molecule has 0 fully saturated rings. The third-order valence-electron chi connectivity index (χ3n) is 2.88. The Kier molecular flexibility index (Phi) is 2.52. The average Bonchev–Trinajstić information content (AvgIpc) is 2.81. The molecule has 0 saturated heterocycles. The van der Waals surface area contributed by atoms with Gasteiger partial charge in [0.15, 0.2) is 5.65 Å². The highest BCUT2D eigenvalue weighted by Gasteiger charge is 2.09. The largest absolute Gasteiger partial charge is 0.478 e. The van der Waals surface area contributed by atoms with Crippen LogP contribution in [0.25, 0.3) is 22.6 Å². The lowest BCUT2D eigenvalue weighted by atomic mass is 10.1. The molecule has 94 valence electrons. The second-order valence-corrected chi connectivity index (χ2v) is 4.36. The van der Waals surface area contributed by atoms with Crippen LogP contribution in [0.2, 0.25) is 0 Å².